The molecule has 0 aliphatic heterocycles. The molecule has 0 aliphatic carbocycles. The van der Waals surface area contributed by atoms with Gasteiger partial charge in [-0.25, -0.2) is 0 Å². The molecule has 6 heteroatoms. The monoisotopic (exact) mass is 348 g/mol. The van der Waals surface area contributed by atoms with E-state index in [2.05, 4.69) is 10.6 Å². The van der Waals surface area contributed by atoms with Gasteiger partial charge in [0, 0.05) is 16.4 Å². The fraction of sp³-hybridized carbons (Fsp3) is 0.176. The Hall–Kier alpha value is -1.98. The number of halogens is 1. The predicted octanol–water partition coefficient (Wildman–Crippen LogP) is 3.96. The molecule has 0 fully saturated rings. The lowest BCUT2D eigenvalue weighted by Crippen LogP contribution is -2.18. The minimum absolute atomic E-state index is 0.130. The van der Waals surface area contributed by atoms with Crippen LogP contribution >= 0.6 is 23.4 Å². The average Bonchev–Trinajstić information content (AvgIpc) is 2.49. The molecule has 0 saturated heterocycles. The second kappa shape index (κ2) is 8.60. The Bertz CT molecular complexity index is 689. The Labute approximate surface area is 144 Å². The topological polar surface area (TPSA) is 58.2 Å². The van der Waals surface area contributed by atoms with Crippen molar-refractivity contribution in [2.75, 3.05) is 22.1 Å². The molecule has 2 rings (SSSR count). The lowest BCUT2D eigenvalue weighted by Gasteiger charge is -2.07. The Morgan fingerprint density at radius 2 is 1.57 bits per heavy atom. The highest BCUT2D eigenvalue weighted by atomic mass is 35.5. The number of rotatable bonds is 6. The maximum Gasteiger partial charge on any atom is 0.234 e. The van der Waals surface area contributed by atoms with E-state index in [-0.39, 0.29) is 23.3 Å². The van der Waals surface area contributed by atoms with Crippen LogP contribution in [0.2, 0.25) is 5.02 Å². The highest BCUT2D eigenvalue weighted by Gasteiger charge is 2.07. The molecule has 0 aliphatic rings. The smallest absolute Gasteiger partial charge is 0.234 e. The van der Waals surface area contributed by atoms with Crippen LogP contribution in [0.5, 0.6) is 0 Å². The molecule has 2 N–H and O–H groups in total. The SMILES string of the molecule is Cc1ccc(NC(=O)CSCC(=O)Nc2cccc(Cl)c2)cc1. The molecule has 2 aromatic rings. The zero-order valence-corrected chi connectivity index (χ0v) is 14.2. The number of thioether (sulfide) groups is 1. The van der Waals surface area contributed by atoms with Crippen molar-refractivity contribution >= 4 is 46.6 Å². The maximum atomic E-state index is 11.8. The number of aryl methyl sites for hydroxylation is 1. The Kier molecular flexibility index (Phi) is 6.50. The molecule has 120 valence electrons. The van der Waals surface area contributed by atoms with Crippen LogP contribution in [-0.2, 0) is 9.59 Å². The van der Waals surface area contributed by atoms with Crippen LogP contribution in [0.1, 0.15) is 5.56 Å². The van der Waals surface area contributed by atoms with Crippen molar-refractivity contribution in [2.45, 2.75) is 6.92 Å². The van der Waals surface area contributed by atoms with Gasteiger partial charge in [-0.3, -0.25) is 9.59 Å². The standard InChI is InChI=1S/C17H17ClN2O2S/c1-12-5-7-14(8-6-12)19-16(21)10-23-11-17(22)20-15-4-2-3-13(18)9-15/h2-9H,10-11H2,1H3,(H,19,21)(H,20,22). The summed E-state index contributed by atoms with van der Waals surface area (Å²) in [6.07, 6.45) is 0. The summed E-state index contributed by atoms with van der Waals surface area (Å²) in [5.74, 6) is 0.125. The zero-order valence-electron chi connectivity index (χ0n) is 12.6. The van der Waals surface area contributed by atoms with Gasteiger partial charge in [0.1, 0.15) is 0 Å². The number of carbonyl (C=O) groups excluding carboxylic acids is 2. The van der Waals surface area contributed by atoms with Gasteiger partial charge < -0.3 is 10.6 Å². The average molecular weight is 349 g/mol. The number of carbonyl (C=O) groups is 2. The fourth-order valence-electron chi connectivity index (χ4n) is 1.83. The lowest BCUT2D eigenvalue weighted by atomic mass is 10.2. The predicted molar refractivity (Wildman–Crippen MR) is 97.2 cm³/mol. The Balaban J connectivity index is 1.70. The molecule has 0 spiro atoms. The molecule has 0 heterocycles. The van der Waals surface area contributed by atoms with Crippen molar-refractivity contribution in [3.05, 3.63) is 59.1 Å². The molecule has 0 unspecified atom stereocenters. The number of benzene rings is 2. The summed E-state index contributed by atoms with van der Waals surface area (Å²) in [6.45, 7) is 1.99. The summed E-state index contributed by atoms with van der Waals surface area (Å²) in [5.41, 5.74) is 2.53. The lowest BCUT2D eigenvalue weighted by molar-refractivity contribution is -0.114. The summed E-state index contributed by atoms with van der Waals surface area (Å²) in [4.78, 5) is 23.6. The van der Waals surface area contributed by atoms with Gasteiger partial charge in [-0.1, -0.05) is 35.4 Å². The third kappa shape index (κ3) is 6.34. The van der Waals surface area contributed by atoms with Gasteiger partial charge in [-0.05, 0) is 37.3 Å². The number of amides is 2. The molecule has 2 aromatic carbocycles. The Morgan fingerprint density at radius 1 is 0.957 bits per heavy atom. The van der Waals surface area contributed by atoms with E-state index in [4.69, 9.17) is 11.6 Å². The molecular weight excluding hydrogens is 332 g/mol. The van der Waals surface area contributed by atoms with Crippen molar-refractivity contribution in [3.8, 4) is 0 Å². The van der Waals surface area contributed by atoms with Crippen molar-refractivity contribution in [1.82, 2.24) is 0 Å². The van der Waals surface area contributed by atoms with E-state index >= 15 is 0 Å². The fourth-order valence-corrected chi connectivity index (χ4v) is 2.64. The van der Waals surface area contributed by atoms with E-state index in [9.17, 15) is 9.59 Å². The third-order valence-corrected chi connectivity index (χ3v) is 4.08. The van der Waals surface area contributed by atoms with Gasteiger partial charge in [0.2, 0.25) is 11.8 Å². The number of hydrogen-bond donors (Lipinski definition) is 2. The second-order valence-electron chi connectivity index (χ2n) is 4.97. The summed E-state index contributed by atoms with van der Waals surface area (Å²) < 4.78 is 0. The van der Waals surface area contributed by atoms with Crippen LogP contribution in [0.15, 0.2) is 48.5 Å². The molecule has 0 saturated carbocycles. The van der Waals surface area contributed by atoms with Gasteiger partial charge in [-0.15, -0.1) is 11.8 Å². The van der Waals surface area contributed by atoms with E-state index < -0.39 is 0 Å². The van der Waals surface area contributed by atoms with Crippen LogP contribution in [0.3, 0.4) is 0 Å². The van der Waals surface area contributed by atoms with Crippen LogP contribution in [0.25, 0.3) is 0 Å². The van der Waals surface area contributed by atoms with Crippen LogP contribution in [0.4, 0.5) is 11.4 Å². The molecule has 4 nitrogen and oxygen atoms in total. The summed E-state index contributed by atoms with van der Waals surface area (Å²) in [5, 5.41) is 6.09. The van der Waals surface area contributed by atoms with Gasteiger partial charge in [-0.2, -0.15) is 0 Å². The van der Waals surface area contributed by atoms with Crippen LogP contribution in [0, 0.1) is 6.92 Å². The first-order valence-electron chi connectivity index (χ1n) is 7.02. The normalized spacial score (nSPS) is 10.2. The van der Waals surface area contributed by atoms with Crippen LogP contribution in [-0.4, -0.2) is 23.3 Å². The van der Waals surface area contributed by atoms with Gasteiger partial charge >= 0.3 is 0 Å². The van der Waals surface area contributed by atoms with Crippen LogP contribution < -0.4 is 10.6 Å². The zero-order chi connectivity index (χ0) is 16.7. The van der Waals surface area contributed by atoms with E-state index in [0.29, 0.717) is 10.7 Å². The van der Waals surface area contributed by atoms with Gasteiger partial charge in [0.05, 0.1) is 11.5 Å². The van der Waals surface area contributed by atoms with Crippen molar-refractivity contribution in [2.24, 2.45) is 0 Å². The second-order valence-corrected chi connectivity index (χ2v) is 6.39. The molecule has 0 bridgehead atoms. The maximum absolute atomic E-state index is 11.8. The first kappa shape index (κ1) is 17.4. The number of anilines is 2. The molecule has 0 radical (unpaired) electrons. The molecule has 2 amide bonds. The first-order chi connectivity index (χ1) is 11.0. The van der Waals surface area contributed by atoms with E-state index in [1.165, 1.54) is 11.8 Å². The minimum atomic E-state index is -0.166. The molecule has 0 aromatic heterocycles. The van der Waals surface area contributed by atoms with Crippen molar-refractivity contribution in [3.63, 3.8) is 0 Å². The van der Waals surface area contributed by atoms with E-state index in [1.54, 1.807) is 24.3 Å². The minimum Gasteiger partial charge on any atom is -0.325 e. The molecule has 0 atom stereocenters. The van der Waals surface area contributed by atoms with Crippen molar-refractivity contribution < 1.29 is 9.59 Å². The summed E-state index contributed by atoms with van der Waals surface area (Å²) in [7, 11) is 0. The van der Waals surface area contributed by atoms with E-state index in [1.807, 2.05) is 31.2 Å². The molecule has 23 heavy (non-hydrogen) atoms. The quantitative estimate of drug-likeness (QED) is 0.830. The summed E-state index contributed by atoms with van der Waals surface area (Å²) in [6, 6.07) is 14.5. The van der Waals surface area contributed by atoms with Crippen molar-refractivity contribution in [1.29, 1.82) is 0 Å². The highest BCUT2D eigenvalue weighted by Crippen LogP contribution is 2.15. The highest BCUT2D eigenvalue weighted by molar-refractivity contribution is 8.00. The first-order valence-corrected chi connectivity index (χ1v) is 8.56. The largest absolute Gasteiger partial charge is 0.325 e. The number of hydrogen-bond acceptors (Lipinski definition) is 3. The third-order valence-electron chi connectivity index (χ3n) is 2.91. The van der Waals surface area contributed by atoms with Gasteiger partial charge in [0.25, 0.3) is 0 Å². The van der Waals surface area contributed by atoms with E-state index in [0.717, 1.165) is 11.3 Å². The molecular formula is C17H17ClN2O2S. The number of nitrogens with one attached hydrogen (secondary N) is 2. The Morgan fingerprint density at radius 3 is 2.17 bits per heavy atom. The summed E-state index contributed by atoms with van der Waals surface area (Å²) >= 11 is 7.11. The van der Waals surface area contributed by atoms with Gasteiger partial charge in [0.15, 0.2) is 0 Å².